The Labute approximate surface area is 151 Å². The fourth-order valence-electron chi connectivity index (χ4n) is 2.87. The minimum atomic E-state index is -0.0824. The van der Waals surface area contributed by atoms with Crippen LogP contribution in [0.4, 0.5) is 11.8 Å². The maximum atomic E-state index is 12.0. The molecule has 8 heteroatoms. The lowest BCUT2D eigenvalue weighted by atomic mass is 10.1. The maximum Gasteiger partial charge on any atom is 0.263 e. The fourth-order valence-corrected chi connectivity index (χ4v) is 3.59. The number of aryl methyl sites for hydroxylation is 2. The van der Waals surface area contributed by atoms with Gasteiger partial charge in [0.1, 0.15) is 10.7 Å². The standard InChI is InChI=1S/C17H24N6OS/c1-12-10-14(23-8-4-3-5-9-23)22-17(21-12)19-7-6-18-16(24)15-13(2)20-11-25-15/h10-11H,3-9H2,1-2H3,(H,18,24)(H,19,21,22). The molecular formula is C17H24N6OS. The van der Waals surface area contributed by atoms with E-state index >= 15 is 0 Å². The molecule has 0 unspecified atom stereocenters. The molecule has 7 nitrogen and oxygen atoms in total. The Morgan fingerprint density at radius 2 is 2.00 bits per heavy atom. The Morgan fingerprint density at radius 1 is 1.20 bits per heavy atom. The number of hydrogen-bond acceptors (Lipinski definition) is 7. The van der Waals surface area contributed by atoms with Crippen LogP contribution < -0.4 is 15.5 Å². The number of anilines is 2. The van der Waals surface area contributed by atoms with Gasteiger partial charge in [0.2, 0.25) is 5.95 Å². The SMILES string of the molecule is Cc1cc(N2CCCCC2)nc(NCCNC(=O)c2scnc2C)n1. The molecule has 0 atom stereocenters. The van der Waals surface area contributed by atoms with Gasteiger partial charge < -0.3 is 15.5 Å². The second-order valence-electron chi connectivity index (χ2n) is 6.19. The number of nitrogens with zero attached hydrogens (tertiary/aromatic N) is 4. The van der Waals surface area contributed by atoms with Crippen LogP contribution in [-0.2, 0) is 0 Å². The van der Waals surface area contributed by atoms with E-state index in [0.29, 0.717) is 23.9 Å². The first-order chi connectivity index (χ1) is 12.1. The van der Waals surface area contributed by atoms with Crippen molar-refractivity contribution >= 4 is 29.0 Å². The number of piperidine rings is 1. The van der Waals surface area contributed by atoms with E-state index in [9.17, 15) is 4.79 Å². The van der Waals surface area contributed by atoms with Gasteiger partial charge in [-0.15, -0.1) is 11.3 Å². The van der Waals surface area contributed by atoms with Crippen molar-refractivity contribution in [1.29, 1.82) is 0 Å². The zero-order valence-corrected chi connectivity index (χ0v) is 15.5. The van der Waals surface area contributed by atoms with Crippen molar-refractivity contribution in [2.75, 3.05) is 36.4 Å². The molecule has 1 fully saturated rings. The molecular weight excluding hydrogens is 336 g/mol. The molecule has 2 aromatic rings. The summed E-state index contributed by atoms with van der Waals surface area (Å²) in [4.78, 5) is 28.2. The highest BCUT2D eigenvalue weighted by Crippen LogP contribution is 2.19. The molecule has 1 aliphatic heterocycles. The van der Waals surface area contributed by atoms with Crippen molar-refractivity contribution in [2.24, 2.45) is 0 Å². The van der Waals surface area contributed by atoms with Gasteiger partial charge in [-0.1, -0.05) is 0 Å². The third-order valence-corrected chi connectivity index (χ3v) is 5.09. The highest BCUT2D eigenvalue weighted by molar-refractivity contribution is 7.11. The van der Waals surface area contributed by atoms with Gasteiger partial charge in [0.05, 0.1) is 11.2 Å². The molecule has 0 aliphatic carbocycles. The lowest BCUT2D eigenvalue weighted by Crippen LogP contribution is -2.31. The van der Waals surface area contributed by atoms with Crippen LogP contribution in [-0.4, -0.2) is 47.0 Å². The summed E-state index contributed by atoms with van der Waals surface area (Å²) in [6.45, 7) is 7.01. The smallest absolute Gasteiger partial charge is 0.263 e. The largest absolute Gasteiger partial charge is 0.356 e. The average molecular weight is 360 g/mol. The summed E-state index contributed by atoms with van der Waals surface area (Å²) in [5.41, 5.74) is 3.40. The van der Waals surface area contributed by atoms with Gasteiger partial charge in [0.15, 0.2) is 0 Å². The van der Waals surface area contributed by atoms with E-state index in [1.807, 2.05) is 19.9 Å². The van der Waals surface area contributed by atoms with Crippen LogP contribution >= 0.6 is 11.3 Å². The van der Waals surface area contributed by atoms with Gasteiger partial charge in [-0.05, 0) is 33.1 Å². The molecule has 3 rings (SSSR count). The molecule has 0 radical (unpaired) electrons. The second kappa shape index (κ2) is 8.24. The molecule has 25 heavy (non-hydrogen) atoms. The first-order valence-corrected chi connectivity index (χ1v) is 9.54. The third kappa shape index (κ3) is 4.66. The minimum absolute atomic E-state index is 0.0824. The molecule has 1 aliphatic rings. The number of hydrogen-bond donors (Lipinski definition) is 2. The number of rotatable bonds is 6. The zero-order chi connectivity index (χ0) is 17.6. The summed E-state index contributed by atoms with van der Waals surface area (Å²) in [7, 11) is 0. The molecule has 1 saturated heterocycles. The van der Waals surface area contributed by atoms with Gasteiger partial charge in [-0.25, -0.2) is 9.97 Å². The van der Waals surface area contributed by atoms with Crippen molar-refractivity contribution in [3.05, 3.63) is 27.8 Å². The number of amides is 1. The Balaban J connectivity index is 1.52. The molecule has 2 N–H and O–H groups in total. The maximum absolute atomic E-state index is 12.0. The molecule has 0 bridgehead atoms. The lowest BCUT2D eigenvalue weighted by Gasteiger charge is -2.28. The van der Waals surface area contributed by atoms with Crippen LogP contribution in [0.2, 0.25) is 0 Å². The average Bonchev–Trinajstić information content (AvgIpc) is 3.05. The van der Waals surface area contributed by atoms with E-state index in [4.69, 9.17) is 0 Å². The highest BCUT2D eigenvalue weighted by atomic mass is 32.1. The van der Waals surface area contributed by atoms with Gasteiger partial charge in [0.25, 0.3) is 5.91 Å². The summed E-state index contributed by atoms with van der Waals surface area (Å²) in [5, 5.41) is 6.10. The van der Waals surface area contributed by atoms with Crippen LogP contribution in [0.3, 0.4) is 0 Å². The summed E-state index contributed by atoms with van der Waals surface area (Å²) >= 11 is 1.36. The molecule has 0 saturated carbocycles. The predicted octanol–water partition coefficient (Wildman–Crippen LogP) is 2.38. The van der Waals surface area contributed by atoms with Gasteiger partial charge >= 0.3 is 0 Å². The quantitative estimate of drug-likeness (QED) is 0.770. The van der Waals surface area contributed by atoms with Crippen molar-refractivity contribution < 1.29 is 4.79 Å². The lowest BCUT2D eigenvalue weighted by molar-refractivity contribution is 0.0958. The summed E-state index contributed by atoms with van der Waals surface area (Å²) in [6, 6.07) is 2.03. The van der Waals surface area contributed by atoms with Crippen molar-refractivity contribution in [3.63, 3.8) is 0 Å². The summed E-state index contributed by atoms with van der Waals surface area (Å²) < 4.78 is 0. The van der Waals surface area contributed by atoms with Crippen LogP contribution in [0.5, 0.6) is 0 Å². The number of carbonyl (C=O) groups excluding carboxylic acids is 1. The number of nitrogens with one attached hydrogen (secondary N) is 2. The molecule has 3 heterocycles. The first-order valence-electron chi connectivity index (χ1n) is 8.66. The van der Waals surface area contributed by atoms with Gasteiger partial charge in [-0.3, -0.25) is 4.79 Å². The number of carbonyl (C=O) groups is 1. The summed E-state index contributed by atoms with van der Waals surface area (Å²) in [5.74, 6) is 1.52. The minimum Gasteiger partial charge on any atom is -0.356 e. The number of thiazole rings is 1. The zero-order valence-electron chi connectivity index (χ0n) is 14.7. The van der Waals surface area contributed by atoms with E-state index in [0.717, 1.165) is 30.3 Å². The molecule has 1 amide bonds. The van der Waals surface area contributed by atoms with Gasteiger partial charge in [-0.2, -0.15) is 4.98 Å². The van der Waals surface area contributed by atoms with Crippen LogP contribution in [0.1, 0.15) is 40.3 Å². The Morgan fingerprint density at radius 3 is 2.72 bits per heavy atom. The van der Waals surface area contributed by atoms with Crippen LogP contribution in [0, 0.1) is 13.8 Å². The van der Waals surface area contributed by atoms with Crippen LogP contribution in [0.15, 0.2) is 11.6 Å². The monoisotopic (exact) mass is 360 g/mol. The molecule has 0 aromatic carbocycles. The highest BCUT2D eigenvalue weighted by Gasteiger charge is 2.14. The third-order valence-electron chi connectivity index (χ3n) is 4.17. The molecule has 0 spiro atoms. The van der Waals surface area contributed by atoms with Crippen LogP contribution in [0.25, 0.3) is 0 Å². The van der Waals surface area contributed by atoms with E-state index < -0.39 is 0 Å². The van der Waals surface area contributed by atoms with Crippen molar-refractivity contribution in [2.45, 2.75) is 33.1 Å². The Kier molecular flexibility index (Phi) is 5.80. The predicted molar refractivity (Wildman–Crippen MR) is 101 cm³/mol. The number of aromatic nitrogens is 3. The second-order valence-corrected chi connectivity index (χ2v) is 7.04. The first kappa shape index (κ1) is 17.6. The van der Waals surface area contributed by atoms with E-state index in [1.165, 1.54) is 30.6 Å². The van der Waals surface area contributed by atoms with E-state index in [1.54, 1.807) is 5.51 Å². The van der Waals surface area contributed by atoms with E-state index in [2.05, 4.69) is 30.5 Å². The summed E-state index contributed by atoms with van der Waals surface area (Å²) in [6.07, 6.45) is 3.73. The normalized spacial score (nSPS) is 14.4. The topological polar surface area (TPSA) is 83.0 Å². The van der Waals surface area contributed by atoms with E-state index in [-0.39, 0.29) is 5.91 Å². The van der Waals surface area contributed by atoms with Crippen molar-refractivity contribution in [1.82, 2.24) is 20.3 Å². The van der Waals surface area contributed by atoms with Crippen molar-refractivity contribution in [3.8, 4) is 0 Å². The Bertz CT molecular complexity index is 726. The van der Waals surface area contributed by atoms with Gasteiger partial charge in [0, 0.05) is 37.9 Å². The molecule has 134 valence electrons. The fraction of sp³-hybridized carbons (Fsp3) is 0.529. The Hall–Kier alpha value is -2.22. The molecule has 2 aromatic heterocycles.